The van der Waals surface area contributed by atoms with E-state index in [1.165, 1.54) is 0 Å². The van der Waals surface area contributed by atoms with Crippen molar-refractivity contribution >= 4 is 40.6 Å². The van der Waals surface area contributed by atoms with Crippen LogP contribution in [0.4, 0.5) is 5.69 Å². The van der Waals surface area contributed by atoms with E-state index >= 15 is 0 Å². The summed E-state index contributed by atoms with van der Waals surface area (Å²) < 4.78 is 1.76. The summed E-state index contributed by atoms with van der Waals surface area (Å²) in [6, 6.07) is 31.5. The Morgan fingerprint density at radius 3 is 2.32 bits per heavy atom. The van der Waals surface area contributed by atoms with E-state index in [-0.39, 0.29) is 11.7 Å². The molecule has 6 heteroatoms. The van der Waals surface area contributed by atoms with E-state index in [9.17, 15) is 9.59 Å². The van der Waals surface area contributed by atoms with Gasteiger partial charge in [0.25, 0.3) is 0 Å². The molecule has 5 rings (SSSR count). The van der Waals surface area contributed by atoms with Crippen molar-refractivity contribution in [1.82, 2.24) is 15.1 Å². The maximum atomic E-state index is 13.4. The monoisotopic (exact) mass is 486 g/mol. The molecule has 182 valence electrons. The Kier molecular flexibility index (Phi) is 7.01. The molecule has 37 heavy (non-hydrogen) atoms. The molecule has 0 aliphatic rings. The number of rotatable bonds is 8. The lowest BCUT2D eigenvalue weighted by Gasteiger charge is -2.16. The number of carbonyl (C=O) groups excluding carboxylic acids is 2. The average Bonchev–Trinajstić information content (AvgIpc) is 3.35. The second-order valence-corrected chi connectivity index (χ2v) is 8.62. The van der Waals surface area contributed by atoms with Gasteiger partial charge in [-0.25, -0.2) is 4.68 Å². The van der Waals surface area contributed by atoms with Crippen molar-refractivity contribution in [2.75, 3.05) is 12.4 Å². The molecule has 5 aromatic rings. The second kappa shape index (κ2) is 10.8. The van der Waals surface area contributed by atoms with E-state index in [2.05, 4.69) is 15.7 Å². The molecule has 1 heterocycles. The number of hydrogen-bond donors (Lipinski definition) is 2. The van der Waals surface area contributed by atoms with Gasteiger partial charge >= 0.3 is 0 Å². The molecule has 4 aromatic carbocycles. The Labute approximate surface area is 215 Å². The van der Waals surface area contributed by atoms with Crippen molar-refractivity contribution in [2.45, 2.75) is 6.04 Å². The third-order valence-electron chi connectivity index (χ3n) is 6.14. The molecule has 6 nitrogen and oxygen atoms in total. The van der Waals surface area contributed by atoms with Gasteiger partial charge in [0.2, 0.25) is 5.91 Å². The van der Waals surface area contributed by atoms with Crippen LogP contribution in [-0.2, 0) is 4.79 Å². The molecule has 0 saturated carbocycles. The summed E-state index contributed by atoms with van der Waals surface area (Å²) in [4.78, 5) is 26.3. The molecule has 0 radical (unpaired) electrons. The van der Waals surface area contributed by atoms with Gasteiger partial charge in [0.15, 0.2) is 5.78 Å². The molecule has 0 fully saturated rings. The minimum Gasteiger partial charge on any atom is -0.324 e. The summed E-state index contributed by atoms with van der Waals surface area (Å²) in [5.41, 5.74) is 4.35. The van der Waals surface area contributed by atoms with Crippen LogP contribution in [0.1, 0.15) is 33.1 Å². The Hall–Kier alpha value is -4.81. The van der Waals surface area contributed by atoms with Gasteiger partial charge in [-0.05, 0) is 42.4 Å². The van der Waals surface area contributed by atoms with Gasteiger partial charge in [-0.1, -0.05) is 84.9 Å². The fourth-order valence-corrected chi connectivity index (χ4v) is 4.23. The van der Waals surface area contributed by atoms with Gasteiger partial charge in [0, 0.05) is 28.4 Å². The lowest BCUT2D eigenvalue weighted by atomic mass is 10.0. The first-order chi connectivity index (χ1) is 18.1. The number of hydrogen-bond acceptors (Lipinski definition) is 4. The highest BCUT2D eigenvalue weighted by Gasteiger charge is 2.19. The van der Waals surface area contributed by atoms with E-state index in [1.807, 2.05) is 85.1 Å². The Morgan fingerprint density at radius 1 is 0.838 bits per heavy atom. The highest BCUT2D eigenvalue weighted by molar-refractivity contribution is 6.11. The highest BCUT2D eigenvalue weighted by Crippen LogP contribution is 2.22. The van der Waals surface area contributed by atoms with Crippen molar-refractivity contribution < 1.29 is 9.59 Å². The first-order valence-corrected chi connectivity index (χ1v) is 12.0. The predicted octanol–water partition coefficient (Wildman–Crippen LogP) is 5.79. The first-order valence-electron chi connectivity index (χ1n) is 12.0. The van der Waals surface area contributed by atoms with Gasteiger partial charge in [0.1, 0.15) is 6.04 Å². The summed E-state index contributed by atoms with van der Waals surface area (Å²) in [5.74, 6) is -0.333. The molecule has 1 unspecified atom stereocenters. The molecule has 1 aromatic heterocycles. The van der Waals surface area contributed by atoms with Gasteiger partial charge in [-0.2, -0.15) is 5.10 Å². The van der Waals surface area contributed by atoms with Crippen LogP contribution in [-0.4, -0.2) is 28.5 Å². The summed E-state index contributed by atoms with van der Waals surface area (Å²) in [5, 5.41) is 11.4. The number of fused-ring (bicyclic) bond motifs is 1. The Balaban J connectivity index is 1.37. The third-order valence-corrected chi connectivity index (χ3v) is 6.14. The smallest absolute Gasteiger partial charge is 0.246 e. The molecule has 1 atom stereocenters. The summed E-state index contributed by atoms with van der Waals surface area (Å²) in [6.07, 6.45) is 5.63. The fraction of sp³-hybridized carbons (Fsp3) is 0.0645. The minimum atomic E-state index is -0.507. The number of nitrogens with zero attached hydrogens (tertiary/aromatic N) is 2. The Morgan fingerprint density at radius 2 is 1.57 bits per heavy atom. The largest absolute Gasteiger partial charge is 0.324 e. The molecular formula is C31H26N4O2. The molecular weight excluding hydrogens is 460 g/mol. The van der Waals surface area contributed by atoms with Gasteiger partial charge in [0.05, 0.1) is 11.7 Å². The van der Waals surface area contributed by atoms with Gasteiger partial charge in [-0.15, -0.1) is 0 Å². The van der Waals surface area contributed by atoms with Crippen LogP contribution >= 0.6 is 0 Å². The van der Waals surface area contributed by atoms with E-state index in [0.717, 1.165) is 22.0 Å². The number of nitrogens with one attached hydrogen (secondary N) is 2. The quantitative estimate of drug-likeness (QED) is 0.272. The molecule has 1 amide bonds. The second-order valence-electron chi connectivity index (χ2n) is 8.62. The SMILES string of the molecule is CNC(C(=O)Nc1cccc(C(=O)c2ccc3cnn(C=Cc4ccccc4)c3c2)c1)c1ccccc1. The Bertz CT molecular complexity index is 1570. The average molecular weight is 487 g/mol. The lowest BCUT2D eigenvalue weighted by molar-refractivity contribution is -0.118. The van der Waals surface area contributed by atoms with Crippen LogP contribution in [0, 0.1) is 0 Å². The van der Waals surface area contributed by atoms with Crippen LogP contribution in [0.2, 0.25) is 0 Å². The van der Waals surface area contributed by atoms with Crippen LogP contribution < -0.4 is 10.6 Å². The maximum absolute atomic E-state index is 13.4. The van der Waals surface area contributed by atoms with Crippen LogP contribution in [0.25, 0.3) is 23.2 Å². The van der Waals surface area contributed by atoms with Crippen LogP contribution in [0.5, 0.6) is 0 Å². The van der Waals surface area contributed by atoms with Gasteiger partial charge in [-0.3, -0.25) is 9.59 Å². The summed E-state index contributed by atoms with van der Waals surface area (Å²) >= 11 is 0. The number of benzene rings is 4. The molecule has 0 spiro atoms. The fourth-order valence-electron chi connectivity index (χ4n) is 4.23. The third kappa shape index (κ3) is 5.39. The van der Waals surface area contributed by atoms with Crippen LogP contribution in [0.3, 0.4) is 0 Å². The molecule has 0 aliphatic heterocycles. The summed E-state index contributed by atoms with van der Waals surface area (Å²) in [7, 11) is 1.74. The first kappa shape index (κ1) is 23.9. The number of carbonyl (C=O) groups is 2. The zero-order chi connectivity index (χ0) is 25.6. The number of ketones is 1. The van der Waals surface area contributed by atoms with Gasteiger partial charge < -0.3 is 10.6 Å². The minimum absolute atomic E-state index is 0.133. The van der Waals surface area contributed by atoms with Crippen LogP contribution in [0.15, 0.2) is 109 Å². The van der Waals surface area contributed by atoms with E-state index < -0.39 is 6.04 Å². The zero-order valence-corrected chi connectivity index (χ0v) is 20.3. The predicted molar refractivity (Wildman–Crippen MR) is 148 cm³/mol. The molecule has 0 saturated heterocycles. The topological polar surface area (TPSA) is 76.0 Å². The van der Waals surface area contributed by atoms with Crippen molar-refractivity contribution in [1.29, 1.82) is 0 Å². The number of amides is 1. The van der Waals surface area contributed by atoms with Crippen molar-refractivity contribution in [3.05, 3.63) is 132 Å². The zero-order valence-electron chi connectivity index (χ0n) is 20.3. The molecule has 0 bridgehead atoms. The molecule has 0 aliphatic carbocycles. The van der Waals surface area contributed by atoms with Crippen molar-refractivity contribution in [3.8, 4) is 0 Å². The maximum Gasteiger partial charge on any atom is 0.246 e. The lowest BCUT2D eigenvalue weighted by Crippen LogP contribution is -2.30. The molecule has 2 N–H and O–H groups in total. The number of aromatic nitrogens is 2. The van der Waals surface area contributed by atoms with Crippen molar-refractivity contribution in [2.24, 2.45) is 0 Å². The highest BCUT2D eigenvalue weighted by atomic mass is 16.2. The summed E-state index contributed by atoms with van der Waals surface area (Å²) in [6.45, 7) is 0. The van der Waals surface area contributed by atoms with E-state index in [4.69, 9.17) is 0 Å². The number of likely N-dealkylation sites (N-methyl/N-ethyl adjacent to an activating group) is 1. The van der Waals surface area contributed by atoms with E-state index in [1.54, 1.807) is 48.3 Å². The normalized spacial score (nSPS) is 12.0. The standard InChI is InChI=1S/C31H26N4O2/c1-32-29(23-11-6-3-7-12-23)31(37)34-27-14-8-13-24(19-27)30(36)25-15-16-26-21-33-35(28(26)20-25)18-17-22-9-4-2-5-10-22/h2-21,29,32H,1H3,(H,34,37). The van der Waals surface area contributed by atoms with Crippen molar-refractivity contribution in [3.63, 3.8) is 0 Å². The number of anilines is 1. The van der Waals surface area contributed by atoms with E-state index in [0.29, 0.717) is 16.8 Å².